The highest BCUT2D eigenvalue weighted by atomic mass is 35.5. The minimum absolute atomic E-state index is 0.0162. The average Bonchev–Trinajstić information content (AvgIpc) is 2.61. The minimum Gasteiger partial charge on any atom is -0.452 e. The van der Waals surface area contributed by atoms with E-state index in [9.17, 15) is 9.59 Å². The van der Waals surface area contributed by atoms with Crippen LogP contribution < -0.4 is 4.90 Å². The molecule has 1 amide bonds. The molecule has 0 saturated heterocycles. The number of aryl methyl sites for hydroxylation is 1. The van der Waals surface area contributed by atoms with Crippen molar-refractivity contribution in [2.75, 3.05) is 18.1 Å². The second-order valence-corrected chi connectivity index (χ2v) is 6.28. The molecule has 0 heterocycles. The fourth-order valence-corrected chi connectivity index (χ4v) is 2.81. The third-order valence-electron chi connectivity index (χ3n) is 3.59. The van der Waals surface area contributed by atoms with E-state index in [0.717, 1.165) is 5.56 Å². The maximum absolute atomic E-state index is 12.5. The number of halogens is 2. The fraction of sp³-hybridized carbons (Fsp3) is 0.211. The van der Waals surface area contributed by atoms with Crippen molar-refractivity contribution in [3.05, 3.63) is 63.6 Å². The van der Waals surface area contributed by atoms with E-state index in [-0.39, 0.29) is 28.6 Å². The van der Waals surface area contributed by atoms with Gasteiger partial charge in [0.25, 0.3) is 5.91 Å². The van der Waals surface area contributed by atoms with Gasteiger partial charge in [-0.3, -0.25) is 4.79 Å². The maximum Gasteiger partial charge on any atom is 0.341 e. The Balaban J connectivity index is 2.10. The Labute approximate surface area is 161 Å². The Kier molecular flexibility index (Phi) is 7.02. The molecule has 0 aliphatic rings. The number of nitrogens with zero attached hydrogens (tertiary/aromatic N) is 2. The lowest BCUT2D eigenvalue weighted by atomic mass is 10.2. The van der Waals surface area contributed by atoms with E-state index in [1.54, 1.807) is 18.2 Å². The number of carbonyl (C=O) groups is 2. The van der Waals surface area contributed by atoms with Gasteiger partial charge >= 0.3 is 5.97 Å². The fourth-order valence-electron chi connectivity index (χ4n) is 2.25. The van der Waals surface area contributed by atoms with Gasteiger partial charge in [-0.05, 0) is 31.2 Å². The molecule has 0 saturated carbocycles. The van der Waals surface area contributed by atoms with E-state index < -0.39 is 18.5 Å². The monoisotopic (exact) mass is 390 g/mol. The summed E-state index contributed by atoms with van der Waals surface area (Å²) in [6.45, 7) is 1.64. The van der Waals surface area contributed by atoms with Gasteiger partial charge in [-0.15, -0.1) is 0 Å². The van der Waals surface area contributed by atoms with Crippen molar-refractivity contribution >= 4 is 40.8 Å². The molecule has 0 atom stereocenters. The molecule has 2 aromatic carbocycles. The number of benzene rings is 2. The first-order chi connectivity index (χ1) is 12.4. The van der Waals surface area contributed by atoms with Crippen LogP contribution in [-0.4, -0.2) is 25.0 Å². The summed E-state index contributed by atoms with van der Waals surface area (Å²) >= 11 is 11.9. The highest BCUT2D eigenvalue weighted by molar-refractivity contribution is 6.39. The number of nitriles is 1. The summed E-state index contributed by atoms with van der Waals surface area (Å²) in [6.07, 6.45) is 0.157. The van der Waals surface area contributed by atoms with Crippen molar-refractivity contribution in [2.45, 2.75) is 13.3 Å². The van der Waals surface area contributed by atoms with Crippen LogP contribution in [-0.2, 0) is 9.53 Å². The molecular weight excluding hydrogens is 375 g/mol. The van der Waals surface area contributed by atoms with Crippen molar-refractivity contribution in [1.82, 2.24) is 0 Å². The number of esters is 1. The van der Waals surface area contributed by atoms with Crippen LogP contribution >= 0.6 is 23.2 Å². The van der Waals surface area contributed by atoms with Crippen LogP contribution in [0.5, 0.6) is 0 Å². The van der Waals surface area contributed by atoms with Crippen molar-refractivity contribution < 1.29 is 14.3 Å². The first-order valence-corrected chi connectivity index (χ1v) is 8.54. The molecule has 26 heavy (non-hydrogen) atoms. The predicted octanol–water partition coefficient (Wildman–Crippen LogP) is 4.41. The Morgan fingerprint density at radius 1 is 1.12 bits per heavy atom. The first-order valence-electron chi connectivity index (χ1n) is 7.79. The summed E-state index contributed by atoms with van der Waals surface area (Å²) in [5, 5.41) is 9.11. The molecule has 0 N–H and O–H groups in total. The zero-order valence-corrected chi connectivity index (χ0v) is 15.5. The molecule has 0 spiro atoms. The second kappa shape index (κ2) is 9.23. The van der Waals surface area contributed by atoms with Crippen LogP contribution in [0.1, 0.15) is 22.3 Å². The van der Waals surface area contributed by atoms with Gasteiger partial charge in [-0.25, -0.2) is 4.79 Å². The Morgan fingerprint density at radius 3 is 2.31 bits per heavy atom. The smallest absolute Gasteiger partial charge is 0.341 e. The molecule has 0 unspecified atom stereocenters. The summed E-state index contributed by atoms with van der Waals surface area (Å²) in [4.78, 5) is 26.1. The van der Waals surface area contributed by atoms with E-state index in [1.807, 2.05) is 25.1 Å². The predicted molar refractivity (Wildman–Crippen MR) is 101 cm³/mol. The van der Waals surface area contributed by atoms with Gasteiger partial charge in [0, 0.05) is 12.2 Å². The molecular formula is C19H16Cl2N2O3. The van der Waals surface area contributed by atoms with Gasteiger partial charge in [0.15, 0.2) is 6.61 Å². The van der Waals surface area contributed by atoms with E-state index in [0.29, 0.717) is 5.69 Å². The quantitative estimate of drug-likeness (QED) is 0.685. The average molecular weight is 391 g/mol. The van der Waals surface area contributed by atoms with Crippen molar-refractivity contribution in [3.63, 3.8) is 0 Å². The molecule has 0 fully saturated rings. The summed E-state index contributed by atoms with van der Waals surface area (Å²) in [6, 6.07) is 13.9. The normalized spacial score (nSPS) is 10.1. The summed E-state index contributed by atoms with van der Waals surface area (Å²) in [5.41, 5.74) is 1.69. The summed E-state index contributed by atoms with van der Waals surface area (Å²) in [5.74, 6) is -1.22. The van der Waals surface area contributed by atoms with Gasteiger partial charge in [0.05, 0.1) is 28.1 Å². The van der Waals surface area contributed by atoms with Crippen LogP contribution in [0.4, 0.5) is 5.69 Å². The molecule has 0 bridgehead atoms. The first kappa shape index (κ1) is 19.8. The Morgan fingerprint density at radius 2 is 1.73 bits per heavy atom. The third kappa shape index (κ3) is 4.98. The number of amides is 1. The Bertz CT molecular complexity index is 825. The molecule has 5 nitrogen and oxygen atoms in total. The van der Waals surface area contributed by atoms with Crippen molar-refractivity contribution in [3.8, 4) is 6.07 Å². The topological polar surface area (TPSA) is 70.4 Å². The number of hydrogen-bond donors (Lipinski definition) is 0. The lowest BCUT2D eigenvalue weighted by Gasteiger charge is -2.22. The van der Waals surface area contributed by atoms with Crippen LogP contribution in [0.15, 0.2) is 42.5 Å². The van der Waals surface area contributed by atoms with Gasteiger partial charge < -0.3 is 9.64 Å². The zero-order chi connectivity index (χ0) is 19.1. The van der Waals surface area contributed by atoms with Crippen LogP contribution in [0, 0.1) is 18.3 Å². The maximum atomic E-state index is 12.5. The van der Waals surface area contributed by atoms with Crippen LogP contribution in [0.25, 0.3) is 0 Å². The van der Waals surface area contributed by atoms with Gasteiger partial charge in [-0.2, -0.15) is 5.26 Å². The number of anilines is 1. The molecule has 0 radical (unpaired) electrons. The zero-order valence-electron chi connectivity index (χ0n) is 14.0. The number of hydrogen-bond acceptors (Lipinski definition) is 4. The van der Waals surface area contributed by atoms with Gasteiger partial charge in [-0.1, -0.05) is 47.0 Å². The van der Waals surface area contributed by atoms with Crippen LogP contribution in [0.2, 0.25) is 10.0 Å². The van der Waals surface area contributed by atoms with Gasteiger partial charge in [0.1, 0.15) is 0 Å². The molecule has 0 aromatic heterocycles. The standard InChI is InChI=1S/C19H16Cl2N2O3/c1-13-6-8-14(9-7-13)23(11-3-10-22)17(24)12-26-19(25)18-15(20)4-2-5-16(18)21/h2,4-9H,3,11-12H2,1H3. The highest BCUT2D eigenvalue weighted by Gasteiger charge is 2.20. The van der Waals surface area contributed by atoms with Gasteiger partial charge in [0.2, 0.25) is 0 Å². The van der Waals surface area contributed by atoms with E-state index in [4.69, 9.17) is 33.2 Å². The molecule has 2 rings (SSSR count). The summed E-state index contributed by atoms with van der Waals surface area (Å²) in [7, 11) is 0. The number of ether oxygens (including phenoxy) is 1. The number of rotatable bonds is 6. The SMILES string of the molecule is Cc1ccc(N(CCC#N)C(=O)COC(=O)c2c(Cl)cccc2Cl)cc1. The Hall–Kier alpha value is -2.55. The van der Waals surface area contributed by atoms with E-state index in [1.165, 1.54) is 17.0 Å². The molecule has 2 aromatic rings. The van der Waals surface area contributed by atoms with Crippen molar-refractivity contribution in [2.24, 2.45) is 0 Å². The largest absolute Gasteiger partial charge is 0.452 e. The lowest BCUT2D eigenvalue weighted by Crippen LogP contribution is -2.35. The second-order valence-electron chi connectivity index (χ2n) is 5.46. The van der Waals surface area contributed by atoms with E-state index >= 15 is 0 Å². The minimum atomic E-state index is -0.780. The van der Waals surface area contributed by atoms with Crippen LogP contribution in [0.3, 0.4) is 0 Å². The van der Waals surface area contributed by atoms with E-state index in [2.05, 4.69) is 0 Å². The number of carbonyl (C=O) groups excluding carboxylic acids is 2. The third-order valence-corrected chi connectivity index (χ3v) is 4.22. The highest BCUT2D eigenvalue weighted by Crippen LogP contribution is 2.25. The summed E-state index contributed by atoms with van der Waals surface area (Å²) < 4.78 is 5.08. The van der Waals surface area contributed by atoms with Crippen molar-refractivity contribution in [1.29, 1.82) is 5.26 Å². The molecule has 7 heteroatoms. The molecule has 0 aliphatic heterocycles. The lowest BCUT2D eigenvalue weighted by molar-refractivity contribution is -0.121. The molecule has 134 valence electrons. The molecule has 0 aliphatic carbocycles.